The molecule has 2 rings (SSSR count). The maximum Gasteiger partial charge on any atom is 0.232 e. The maximum absolute atomic E-state index is 5.10. The van der Waals surface area contributed by atoms with Gasteiger partial charge in [0.1, 0.15) is 0 Å². The van der Waals surface area contributed by atoms with E-state index in [1.54, 1.807) is 19.5 Å². The van der Waals surface area contributed by atoms with Crippen LogP contribution in [0.3, 0.4) is 0 Å². The summed E-state index contributed by atoms with van der Waals surface area (Å²) >= 11 is 3.30. The molecule has 0 unspecified atom stereocenters. The first-order valence-corrected chi connectivity index (χ1v) is 5.75. The Bertz CT molecular complexity index is 533. The van der Waals surface area contributed by atoms with Crippen LogP contribution in [0.5, 0.6) is 5.88 Å². The van der Waals surface area contributed by atoms with Gasteiger partial charge in [0.25, 0.3) is 0 Å². The molecule has 0 radical (unpaired) electrons. The Labute approximate surface area is 107 Å². The molecule has 0 bridgehead atoms. The van der Waals surface area contributed by atoms with E-state index in [2.05, 4.69) is 36.2 Å². The molecule has 5 nitrogen and oxygen atoms in total. The van der Waals surface area contributed by atoms with Crippen molar-refractivity contribution in [2.75, 3.05) is 12.4 Å². The number of ether oxygens (including phenoxy) is 1. The average molecular weight is 295 g/mol. The third-order valence-electron chi connectivity index (χ3n) is 2.16. The minimum Gasteiger partial charge on any atom is -0.480 e. The molecule has 2 aromatic rings. The van der Waals surface area contributed by atoms with E-state index in [1.807, 2.05) is 19.1 Å². The van der Waals surface area contributed by atoms with E-state index in [9.17, 15) is 0 Å². The average Bonchev–Trinajstić information content (AvgIpc) is 2.34. The van der Waals surface area contributed by atoms with Gasteiger partial charge >= 0.3 is 0 Å². The Morgan fingerprint density at radius 1 is 1.35 bits per heavy atom. The minimum atomic E-state index is 0.473. The van der Waals surface area contributed by atoms with Gasteiger partial charge in [-0.25, -0.2) is 4.98 Å². The van der Waals surface area contributed by atoms with E-state index in [0.29, 0.717) is 16.3 Å². The molecule has 0 saturated carbocycles. The number of nitrogens with one attached hydrogen (secondary N) is 1. The highest BCUT2D eigenvalue weighted by molar-refractivity contribution is 9.10. The molecule has 0 fully saturated rings. The van der Waals surface area contributed by atoms with Gasteiger partial charge in [-0.3, -0.25) is 4.98 Å². The van der Waals surface area contributed by atoms with Gasteiger partial charge < -0.3 is 10.1 Å². The molecular weight excluding hydrogens is 284 g/mol. The van der Waals surface area contributed by atoms with Crippen LogP contribution < -0.4 is 10.1 Å². The predicted molar refractivity (Wildman–Crippen MR) is 68.5 cm³/mol. The number of anilines is 2. The SMILES string of the molecule is COc1nc(Nc2cccnc2C)ncc1Br. The van der Waals surface area contributed by atoms with Crippen molar-refractivity contribution >= 4 is 27.6 Å². The molecule has 0 aromatic carbocycles. The molecule has 0 aliphatic rings. The molecule has 0 atom stereocenters. The molecule has 2 aromatic heterocycles. The Morgan fingerprint density at radius 3 is 2.88 bits per heavy atom. The number of aryl methyl sites for hydroxylation is 1. The molecule has 1 N–H and O–H groups in total. The van der Waals surface area contributed by atoms with Crippen LogP contribution in [0.4, 0.5) is 11.6 Å². The van der Waals surface area contributed by atoms with Gasteiger partial charge in [0, 0.05) is 6.20 Å². The van der Waals surface area contributed by atoms with Gasteiger partial charge in [-0.2, -0.15) is 4.98 Å². The van der Waals surface area contributed by atoms with Crippen molar-refractivity contribution in [1.82, 2.24) is 15.0 Å². The summed E-state index contributed by atoms with van der Waals surface area (Å²) in [5, 5.41) is 3.09. The predicted octanol–water partition coefficient (Wildman–Crippen LogP) is 2.69. The van der Waals surface area contributed by atoms with Crippen molar-refractivity contribution in [2.45, 2.75) is 6.92 Å². The standard InChI is InChI=1S/C11H11BrN4O/c1-7-9(4-3-5-13-7)15-11-14-6-8(12)10(16-11)17-2/h3-6H,1-2H3,(H,14,15,16). The van der Waals surface area contributed by atoms with Gasteiger partial charge in [0.05, 0.1) is 29.2 Å². The maximum atomic E-state index is 5.10. The smallest absolute Gasteiger partial charge is 0.232 e. The normalized spacial score (nSPS) is 10.1. The highest BCUT2D eigenvalue weighted by Crippen LogP contribution is 2.23. The second-order valence-electron chi connectivity index (χ2n) is 3.31. The van der Waals surface area contributed by atoms with Gasteiger partial charge in [-0.05, 0) is 35.0 Å². The molecule has 0 saturated heterocycles. The Balaban J connectivity index is 2.28. The summed E-state index contributed by atoms with van der Waals surface area (Å²) in [6, 6.07) is 3.77. The summed E-state index contributed by atoms with van der Waals surface area (Å²) in [5.74, 6) is 0.963. The van der Waals surface area contributed by atoms with Crippen LogP contribution >= 0.6 is 15.9 Å². The molecule has 17 heavy (non-hydrogen) atoms. The van der Waals surface area contributed by atoms with Crippen LogP contribution in [0.15, 0.2) is 29.0 Å². The van der Waals surface area contributed by atoms with E-state index < -0.39 is 0 Å². The molecule has 0 aliphatic heterocycles. The molecule has 0 spiro atoms. The Morgan fingerprint density at radius 2 is 2.18 bits per heavy atom. The number of halogens is 1. The fourth-order valence-corrected chi connectivity index (χ4v) is 1.64. The second kappa shape index (κ2) is 5.09. The Kier molecular flexibility index (Phi) is 3.53. The monoisotopic (exact) mass is 294 g/mol. The van der Waals surface area contributed by atoms with Crippen LogP contribution in [-0.4, -0.2) is 22.1 Å². The summed E-state index contributed by atoms with van der Waals surface area (Å²) in [6.45, 7) is 1.92. The van der Waals surface area contributed by atoms with Crippen molar-refractivity contribution in [3.05, 3.63) is 34.7 Å². The minimum absolute atomic E-state index is 0.473. The lowest BCUT2D eigenvalue weighted by Gasteiger charge is -2.08. The lowest BCUT2D eigenvalue weighted by Crippen LogP contribution is -2.01. The van der Waals surface area contributed by atoms with Crippen LogP contribution in [0, 0.1) is 6.92 Å². The lowest BCUT2D eigenvalue weighted by atomic mass is 10.3. The summed E-state index contributed by atoms with van der Waals surface area (Å²) in [4.78, 5) is 12.5. The highest BCUT2D eigenvalue weighted by Gasteiger charge is 2.06. The van der Waals surface area contributed by atoms with Crippen molar-refractivity contribution < 1.29 is 4.74 Å². The van der Waals surface area contributed by atoms with Gasteiger partial charge in [0.2, 0.25) is 11.8 Å². The molecule has 0 aliphatic carbocycles. The zero-order valence-corrected chi connectivity index (χ0v) is 11.0. The fourth-order valence-electron chi connectivity index (χ4n) is 1.29. The van der Waals surface area contributed by atoms with E-state index in [0.717, 1.165) is 11.4 Å². The van der Waals surface area contributed by atoms with E-state index >= 15 is 0 Å². The van der Waals surface area contributed by atoms with Crippen LogP contribution in [-0.2, 0) is 0 Å². The van der Waals surface area contributed by atoms with E-state index in [4.69, 9.17) is 4.74 Å². The van der Waals surface area contributed by atoms with Gasteiger partial charge in [-0.1, -0.05) is 0 Å². The molecule has 2 heterocycles. The summed E-state index contributed by atoms with van der Waals surface area (Å²) in [6.07, 6.45) is 3.38. The lowest BCUT2D eigenvalue weighted by molar-refractivity contribution is 0.394. The third-order valence-corrected chi connectivity index (χ3v) is 2.70. The van der Waals surface area contributed by atoms with E-state index in [-0.39, 0.29) is 0 Å². The number of nitrogens with zero attached hydrogens (tertiary/aromatic N) is 3. The van der Waals surface area contributed by atoms with Crippen molar-refractivity contribution in [3.63, 3.8) is 0 Å². The van der Waals surface area contributed by atoms with Crippen molar-refractivity contribution in [2.24, 2.45) is 0 Å². The highest BCUT2D eigenvalue weighted by atomic mass is 79.9. The van der Waals surface area contributed by atoms with Crippen LogP contribution in [0.2, 0.25) is 0 Å². The molecule has 0 amide bonds. The topological polar surface area (TPSA) is 59.9 Å². The van der Waals surface area contributed by atoms with Crippen LogP contribution in [0.25, 0.3) is 0 Å². The summed E-state index contributed by atoms with van der Waals surface area (Å²) in [5.41, 5.74) is 1.76. The number of methoxy groups -OCH3 is 1. The summed E-state index contributed by atoms with van der Waals surface area (Å²) < 4.78 is 5.82. The second-order valence-corrected chi connectivity index (χ2v) is 4.17. The number of pyridine rings is 1. The first-order valence-electron chi connectivity index (χ1n) is 4.96. The quantitative estimate of drug-likeness (QED) is 0.943. The number of hydrogen-bond acceptors (Lipinski definition) is 5. The van der Waals surface area contributed by atoms with Crippen molar-refractivity contribution in [1.29, 1.82) is 0 Å². The largest absolute Gasteiger partial charge is 0.480 e. The van der Waals surface area contributed by atoms with Crippen molar-refractivity contribution in [3.8, 4) is 5.88 Å². The van der Waals surface area contributed by atoms with Crippen LogP contribution in [0.1, 0.15) is 5.69 Å². The first kappa shape index (κ1) is 11.8. The number of hydrogen-bond donors (Lipinski definition) is 1. The number of rotatable bonds is 3. The molecule has 6 heteroatoms. The summed E-state index contributed by atoms with van der Waals surface area (Å²) in [7, 11) is 1.56. The van der Waals surface area contributed by atoms with Gasteiger partial charge in [-0.15, -0.1) is 0 Å². The Hall–Kier alpha value is -1.69. The fraction of sp³-hybridized carbons (Fsp3) is 0.182. The molecule has 88 valence electrons. The zero-order chi connectivity index (χ0) is 12.3. The van der Waals surface area contributed by atoms with E-state index in [1.165, 1.54) is 0 Å². The zero-order valence-electron chi connectivity index (χ0n) is 9.44. The third kappa shape index (κ3) is 2.71. The molecular formula is C11H11BrN4O. The number of aromatic nitrogens is 3. The first-order chi connectivity index (χ1) is 8.20. The van der Waals surface area contributed by atoms with Gasteiger partial charge in [0.15, 0.2) is 0 Å².